The van der Waals surface area contributed by atoms with E-state index in [9.17, 15) is 26.0 Å². The van der Waals surface area contributed by atoms with Gasteiger partial charge in [0, 0.05) is 11.4 Å². The van der Waals surface area contributed by atoms with E-state index in [1.54, 1.807) is 13.0 Å². The van der Waals surface area contributed by atoms with Gasteiger partial charge in [-0.1, -0.05) is 6.07 Å². The van der Waals surface area contributed by atoms with E-state index < -0.39 is 31.8 Å². The molecule has 3 aromatic carbocycles. The standard InChI is InChI=1S/C22H22FN3O6S2/c1-15-3-10-20(33(28,29)24-2)13-21(15)25-22(27)14-32-18-8-11-19(12-9-18)34(30,31)26-17-6-4-16(23)5-7-17/h3-13,24,26H,14H2,1-2H3,(H,25,27). The maximum Gasteiger partial charge on any atom is 0.262 e. The number of carbonyl (C=O) groups is 1. The first kappa shape index (κ1) is 25.1. The monoisotopic (exact) mass is 507 g/mol. The van der Waals surface area contributed by atoms with Gasteiger partial charge in [0.2, 0.25) is 10.0 Å². The Bertz CT molecular complexity index is 1390. The molecule has 0 aliphatic carbocycles. The predicted octanol–water partition coefficient (Wildman–Crippen LogP) is 2.86. The van der Waals surface area contributed by atoms with Crippen LogP contribution < -0.4 is 19.5 Å². The summed E-state index contributed by atoms with van der Waals surface area (Å²) in [7, 11) is -6.28. The largest absolute Gasteiger partial charge is 0.484 e. The summed E-state index contributed by atoms with van der Waals surface area (Å²) < 4.78 is 71.8. The van der Waals surface area contributed by atoms with Crippen LogP contribution >= 0.6 is 0 Å². The lowest BCUT2D eigenvalue weighted by atomic mass is 10.2. The van der Waals surface area contributed by atoms with Gasteiger partial charge in [-0.2, -0.15) is 0 Å². The molecular weight excluding hydrogens is 485 g/mol. The summed E-state index contributed by atoms with van der Waals surface area (Å²) in [6.07, 6.45) is 0. The number of hydrogen-bond donors (Lipinski definition) is 3. The van der Waals surface area contributed by atoms with Crippen molar-refractivity contribution in [3.8, 4) is 5.75 Å². The molecule has 180 valence electrons. The van der Waals surface area contributed by atoms with Gasteiger partial charge in [0.15, 0.2) is 6.61 Å². The topological polar surface area (TPSA) is 131 Å². The van der Waals surface area contributed by atoms with E-state index in [-0.39, 0.29) is 27.8 Å². The van der Waals surface area contributed by atoms with Crippen LogP contribution in [0.5, 0.6) is 5.75 Å². The highest BCUT2D eigenvalue weighted by atomic mass is 32.2. The molecule has 0 radical (unpaired) electrons. The molecule has 0 saturated carbocycles. The lowest BCUT2D eigenvalue weighted by Crippen LogP contribution is -2.22. The first-order valence-electron chi connectivity index (χ1n) is 9.85. The maximum absolute atomic E-state index is 13.0. The highest BCUT2D eigenvalue weighted by Crippen LogP contribution is 2.21. The summed E-state index contributed by atoms with van der Waals surface area (Å²) in [6, 6.07) is 14.6. The summed E-state index contributed by atoms with van der Waals surface area (Å²) in [6.45, 7) is 1.33. The third-order valence-electron chi connectivity index (χ3n) is 4.66. The third-order valence-corrected chi connectivity index (χ3v) is 7.47. The number of rotatable bonds is 9. The summed E-state index contributed by atoms with van der Waals surface area (Å²) in [5, 5.41) is 2.60. The zero-order valence-corrected chi connectivity index (χ0v) is 19.8. The van der Waals surface area contributed by atoms with Crippen LogP contribution in [-0.4, -0.2) is 36.4 Å². The molecule has 0 atom stereocenters. The average Bonchev–Trinajstić information content (AvgIpc) is 2.80. The quantitative estimate of drug-likeness (QED) is 0.408. The lowest BCUT2D eigenvalue weighted by Gasteiger charge is -2.12. The van der Waals surface area contributed by atoms with Crippen molar-refractivity contribution in [2.75, 3.05) is 23.7 Å². The van der Waals surface area contributed by atoms with Gasteiger partial charge in [0.1, 0.15) is 11.6 Å². The number of benzene rings is 3. The maximum atomic E-state index is 13.0. The van der Waals surface area contributed by atoms with Crippen molar-refractivity contribution >= 4 is 37.3 Å². The van der Waals surface area contributed by atoms with Crippen molar-refractivity contribution in [3.05, 3.63) is 78.1 Å². The van der Waals surface area contributed by atoms with Crippen molar-refractivity contribution in [2.24, 2.45) is 0 Å². The Balaban J connectivity index is 1.62. The molecule has 0 unspecified atom stereocenters. The lowest BCUT2D eigenvalue weighted by molar-refractivity contribution is -0.118. The molecule has 3 aromatic rings. The summed E-state index contributed by atoms with van der Waals surface area (Å²) in [5.74, 6) is -0.768. The smallest absolute Gasteiger partial charge is 0.262 e. The van der Waals surface area contributed by atoms with Crippen LogP contribution in [0.3, 0.4) is 0 Å². The molecule has 3 rings (SSSR count). The van der Waals surface area contributed by atoms with E-state index >= 15 is 0 Å². The van der Waals surface area contributed by atoms with E-state index in [2.05, 4.69) is 14.8 Å². The van der Waals surface area contributed by atoms with Crippen molar-refractivity contribution < 1.29 is 30.8 Å². The van der Waals surface area contributed by atoms with Gasteiger partial charge < -0.3 is 10.1 Å². The molecule has 3 N–H and O–H groups in total. The fourth-order valence-electron chi connectivity index (χ4n) is 2.80. The number of amides is 1. The number of sulfonamides is 2. The number of halogens is 1. The number of ether oxygens (including phenoxy) is 1. The molecule has 0 fully saturated rings. The van der Waals surface area contributed by atoms with Gasteiger partial charge in [-0.25, -0.2) is 25.9 Å². The second-order valence-electron chi connectivity index (χ2n) is 7.10. The molecule has 0 saturated heterocycles. The Morgan fingerprint density at radius 2 is 1.50 bits per heavy atom. The van der Waals surface area contributed by atoms with Crippen LogP contribution in [0.25, 0.3) is 0 Å². The minimum atomic E-state index is -3.90. The van der Waals surface area contributed by atoms with E-state index in [0.29, 0.717) is 11.3 Å². The minimum Gasteiger partial charge on any atom is -0.484 e. The van der Waals surface area contributed by atoms with Crippen LogP contribution in [0.4, 0.5) is 15.8 Å². The van der Waals surface area contributed by atoms with Crippen molar-refractivity contribution in [1.82, 2.24) is 4.72 Å². The number of hydrogen-bond acceptors (Lipinski definition) is 6. The molecule has 0 aliphatic rings. The molecule has 9 nitrogen and oxygen atoms in total. The SMILES string of the molecule is CNS(=O)(=O)c1ccc(C)c(NC(=O)COc2ccc(S(=O)(=O)Nc3ccc(F)cc3)cc2)c1. The molecule has 1 amide bonds. The van der Waals surface area contributed by atoms with Gasteiger partial charge in [-0.3, -0.25) is 9.52 Å². The van der Waals surface area contributed by atoms with Crippen LogP contribution in [0.2, 0.25) is 0 Å². The van der Waals surface area contributed by atoms with Crippen molar-refractivity contribution in [1.29, 1.82) is 0 Å². The van der Waals surface area contributed by atoms with Crippen LogP contribution in [0.15, 0.2) is 76.5 Å². The van der Waals surface area contributed by atoms with Crippen LogP contribution in [0, 0.1) is 12.7 Å². The number of anilines is 2. The average molecular weight is 508 g/mol. The molecule has 0 spiro atoms. The van der Waals surface area contributed by atoms with E-state index in [0.717, 1.165) is 12.1 Å². The number of nitrogens with one attached hydrogen (secondary N) is 3. The molecule has 0 bridgehead atoms. The Hall–Kier alpha value is -3.48. The summed E-state index contributed by atoms with van der Waals surface area (Å²) in [5.41, 5.74) is 1.19. The third kappa shape index (κ3) is 6.31. The van der Waals surface area contributed by atoms with Gasteiger partial charge in [-0.15, -0.1) is 0 Å². The normalized spacial score (nSPS) is 11.6. The Kier molecular flexibility index (Phi) is 7.54. The highest BCUT2D eigenvalue weighted by Gasteiger charge is 2.16. The molecular formula is C22H22FN3O6S2. The highest BCUT2D eigenvalue weighted by molar-refractivity contribution is 7.92. The van der Waals surface area contributed by atoms with E-state index in [4.69, 9.17) is 4.74 Å². The van der Waals surface area contributed by atoms with Crippen LogP contribution in [-0.2, 0) is 24.8 Å². The second kappa shape index (κ2) is 10.2. The number of carbonyl (C=O) groups excluding carboxylic acids is 1. The first-order chi connectivity index (χ1) is 16.0. The molecule has 12 heteroatoms. The fraction of sp³-hybridized carbons (Fsp3) is 0.136. The Morgan fingerprint density at radius 1 is 0.882 bits per heavy atom. The fourth-order valence-corrected chi connectivity index (χ4v) is 4.62. The van der Waals surface area contributed by atoms with Gasteiger partial charge in [-0.05, 0) is 80.2 Å². The first-order valence-corrected chi connectivity index (χ1v) is 12.8. The number of aryl methyl sites for hydroxylation is 1. The minimum absolute atomic E-state index is 0.00265. The molecule has 0 heterocycles. The van der Waals surface area contributed by atoms with Crippen LogP contribution in [0.1, 0.15) is 5.56 Å². The summed E-state index contributed by atoms with van der Waals surface area (Å²) >= 11 is 0. The Labute approximate surface area is 197 Å². The zero-order valence-electron chi connectivity index (χ0n) is 18.2. The zero-order chi connectivity index (χ0) is 24.9. The second-order valence-corrected chi connectivity index (χ2v) is 10.7. The predicted molar refractivity (Wildman–Crippen MR) is 125 cm³/mol. The Morgan fingerprint density at radius 3 is 2.12 bits per heavy atom. The van der Waals surface area contributed by atoms with E-state index in [1.807, 2.05) is 0 Å². The molecule has 34 heavy (non-hydrogen) atoms. The van der Waals surface area contributed by atoms with E-state index in [1.165, 1.54) is 55.6 Å². The summed E-state index contributed by atoms with van der Waals surface area (Å²) in [4.78, 5) is 12.2. The molecule has 0 aliphatic heterocycles. The van der Waals surface area contributed by atoms with Gasteiger partial charge >= 0.3 is 0 Å². The van der Waals surface area contributed by atoms with Crippen molar-refractivity contribution in [2.45, 2.75) is 16.7 Å². The van der Waals surface area contributed by atoms with Gasteiger partial charge in [0.25, 0.3) is 15.9 Å². The molecule has 0 aromatic heterocycles. The van der Waals surface area contributed by atoms with Gasteiger partial charge in [0.05, 0.1) is 9.79 Å². The van der Waals surface area contributed by atoms with Crippen molar-refractivity contribution in [3.63, 3.8) is 0 Å².